The molecular formula is C19H31N3O2. The van der Waals surface area contributed by atoms with Crippen molar-refractivity contribution < 1.29 is 9.84 Å². The van der Waals surface area contributed by atoms with Gasteiger partial charge in [-0.25, -0.2) is 0 Å². The number of aliphatic hydroxyl groups is 1. The maximum Gasteiger partial charge on any atom is 0.0765 e. The van der Waals surface area contributed by atoms with Crippen LogP contribution in [0, 0.1) is 5.92 Å². The van der Waals surface area contributed by atoms with E-state index in [-0.39, 0.29) is 5.92 Å². The number of hydrogen-bond donors (Lipinski definition) is 1. The molecule has 1 saturated carbocycles. The Labute approximate surface area is 145 Å². The molecule has 0 amide bonds. The molecule has 3 fully saturated rings. The molecule has 1 aliphatic carbocycles. The zero-order chi connectivity index (χ0) is 16.6. The summed E-state index contributed by atoms with van der Waals surface area (Å²) in [5.74, 6) is 0.214. The van der Waals surface area contributed by atoms with Gasteiger partial charge in [-0.15, -0.1) is 0 Å². The van der Waals surface area contributed by atoms with Gasteiger partial charge in [0, 0.05) is 31.3 Å². The number of aromatic nitrogens is 2. The molecule has 3 aliphatic rings. The van der Waals surface area contributed by atoms with E-state index in [1.165, 1.54) is 37.8 Å². The van der Waals surface area contributed by atoms with Crippen LogP contribution in [-0.4, -0.2) is 51.2 Å². The molecule has 1 N–H and O–H groups in total. The minimum atomic E-state index is -0.602. The second-order valence-corrected chi connectivity index (χ2v) is 8.19. The van der Waals surface area contributed by atoms with Gasteiger partial charge in [-0.2, -0.15) is 5.10 Å². The largest absolute Gasteiger partial charge is 0.390 e. The Morgan fingerprint density at radius 3 is 2.92 bits per heavy atom. The van der Waals surface area contributed by atoms with Crippen molar-refractivity contribution in [3.05, 3.63) is 18.0 Å². The van der Waals surface area contributed by atoms with Gasteiger partial charge in [0.2, 0.25) is 0 Å². The van der Waals surface area contributed by atoms with Gasteiger partial charge in [-0.1, -0.05) is 12.8 Å². The van der Waals surface area contributed by atoms with Crippen LogP contribution in [0.25, 0.3) is 0 Å². The lowest BCUT2D eigenvalue weighted by molar-refractivity contribution is -0.123. The van der Waals surface area contributed by atoms with Gasteiger partial charge in [0.15, 0.2) is 0 Å². The Bertz CT molecular complexity index is 551. The average Bonchev–Trinajstić information content (AvgIpc) is 3.28. The molecule has 5 heteroatoms. The fourth-order valence-electron chi connectivity index (χ4n) is 4.93. The highest BCUT2D eigenvalue weighted by atomic mass is 16.5. The van der Waals surface area contributed by atoms with Gasteiger partial charge in [0.1, 0.15) is 0 Å². The molecule has 0 unspecified atom stereocenters. The van der Waals surface area contributed by atoms with Crippen molar-refractivity contribution in [2.24, 2.45) is 5.92 Å². The molecule has 2 saturated heterocycles. The number of rotatable bonds is 4. The van der Waals surface area contributed by atoms with E-state index in [9.17, 15) is 5.11 Å². The van der Waals surface area contributed by atoms with E-state index in [2.05, 4.69) is 21.8 Å². The molecule has 3 atom stereocenters. The Balaban J connectivity index is 1.43. The summed E-state index contributed by atoms with van der Waals surface area (Å²) in [7, 11) is 0. The number of hydrogen-bond acceptors (Lipinski definition) is 4. The van der Waals surface area contributed by atoms with Crippen LogP contribution in [0.4, 0.5) is 0 Å². The predicted molar refractivity (Wildman–Crippen MR) is 92.7 cm³/mol. The summed E-state index contributed by atoms with van der Waals surface area (Å²) in [6, 6.07) is 3.21. The first-order valence-electron chi connectivity index (χ1n) is 9.72. The lowest BCUT2D eigenvalue weighted by Gasteiger charge is -2.43. The van der Waals surface area contributed by atoms with Gasteiger partial charge < -0.3 is 9.84 Å². The molecule has 24 heavy (non-hydrogen) atoms. The molecular weight excluding hydrogens is 302 g/mol. The van der Waals surface area contributed by atoms with Crippen molar-refractivity contribution >= 4 is 0 Å². The molecule has 4 rings (SSSR count). The van der Waals surface area contributed by atoms with E-state index in [0.29, 0.717) is 25.3 Å². The summed E-state index contributed by atoms with van der Waals surface area (Å²) in [6.07, 6.45) is 10.5. The molecule has 1 aromatic heterocycles. The SMILES string of the molecule is C[C@]1(O)CCOC[C@@H]1[C@@H]1CCCN1Cc1ccn(C2CCCC2)n1. The Morgan fingerprint density at radius 2 is 2.12 bits per heavy atom. The first-order valence-corrected chi connectivity index (χ1v) is 9.72. The predicted octanol–water partition coefficient (Wildman–Crippen LogP) is 2.75. The normalized spacial score (nSPS) is 35.8. The van der Waals surface area contributed by atoms with Crippen molar-refractivity contribution in [2.75, 3.05) is 19.8 Å². The van der Waals surface area contributed by atoms with Crippen molar-refractivity contribution in [2.45, 2.75) is 76.1 Å². The van der Waals surface area contributed by atoms with E-state index in [1.54, 1.807) is 0 Å². The molecule has 134 valence electrons. The summed E-state index contributed by atoms with van der Waals surface area (Å²) in [5, 5.41) is 15.7. The quantitative estimate of drug-likeness (QED) is 0.920. The Hall–Kier alpha value is -0.910. The smallest absolute Gasteiger partial charge is 0.0765 e. The highest BCUT2D eigenvalue weighted by molar-refractivity contribution is 5.03. The fraction of sp³-hybridized carbons (Fsp3) is 0.842. The van der Waals surface area contributed by atoms with Crippen molar-refractivity contribution in [3.8, 4) is 0 Å². The average molecular weight is 333 g/mol. The maximum atomic E-state index is 10.8. The van der Waals surface area contributed by atoms with Gasteiger partial charge >= 0.3 is 0 Å². The molecule has 0 spiro atoms. The Kier molecular flexibility index (Phi) is 4.67. The van der Waals surface area contributed by atoms with Gasteiger partial charge in [0.05, 0.1) is 23.9 Å². The van der Waals surface area contributed by atoms with E-state index in [0.717, 1.165) is 25.9 Å². The zero-order valence-electron chi connectivity index (χ0n) is 14.9. The van der Waals surface area contributed by atoms with Crippen LogP contribution in [0.1, 0.15) is 63.6 Å². The van der Waals surface area contributed by atoms with Crippen molar-refractivity contribution in [3.63, 3.8) is 0 Å². The molecule has 5 nitrogen and oxygen atoms in total. The van der Waals surface area contributed by atoms with Gasteiger partial charge in [-0.05, 0) is 51.6 Å². The monoisotopic (exact) mass is 333 g/mol. The number of ether oxygens (including phenoxy) is 1. The zero-order valence-corrected chi connectivity index (χ0v) is 14.9. The van der Waals surface area contributed by atoms with E-state index < -0.39 is 5.60 Å². The standard InChI is InChI=1S/C19H31N3O2/c1-19(23)9-12-24-14-17(19)18-7-4-10-21(18)13-15-8-11-22(20-15)16-5-2-3-6-16/h8,11,16-18,23H,2-7,9-10,12-14H2,1H3/t17-,18+,19+/m1/s1. The Morgan fingerprint density at radius 1 is 1.29 bits per heavy atom. The van der Waals surface area contributed by atoms with Crippen LogP contribution in [0.2, 0.25) is 0 Å². The lowest BCUT2D eigenvalue weighted by Crippen LogP contribution is -2.52. The third-order valence-electron chi connectivity index (χ3n) is 6.45. The molecule has 1 aromatic rings. The highest BCUT2D eigenvalue weighted by Crippen LogP contribution is 2.36. The highest BCUT2D eigenvalue weighted by Gasteiger charge is 2.44. The van der Waals surface area contributed by atoms with E-state index in [4.69, 9.17) is 9.84 Å². The van der Waals surface area contributed by atoms with Crippen LogP contribution in [0.15, 0.2) is 12.3 Å². The second kappa shape index (κ2) is 6.77. The minimum Gasteiger partial charge on any atom is -0.390 e. The van der Waals surface area contributed by atoms with E-state index >= 15 is 0 Å². The summed E-state index contributed by atoms with van der Waals surface area (Å²) in [4.78, 5) is 2.52. The first kappa shape index (κ1) is 16.6. The molecule has 0 bridgehead atoms. The van der Waals surface area contributed by atoms with Crippen molar-refractivity contribution in [1.82, 2.24) is 14.7 Å². The number of nitrogens with zero attached hydrogens (tertiary/aromatic N) is 3. The van der Waals surface area contributed by atoms with Crippen LogP contribution >= 0.6 is 0 Å². The fourth-order valence-corrected chi connectivity index (χ4v) is 4.93. The third kappa shape index (κ3) is 3.26. The molecule has 3 heterocycles. The third-order valence-corrected chi connectivity index (χ3v) is 6.45. The summed E-state index contributed by atoms with van der Waals surface area (Å²) in [6.45, 7) is 5.36. The number of likely N-dealkylation sites (tertiary alicyclic amines) is 1. The maximum absolute atomic E-state index is 10.8. The van der Waals surface area contributed by atoms with Gasteiger partial charge in [-0.3, -0.25) is 9.58 Å². The van der Waals surface area contributed by atoms with Crippen LogP contribution in [-0.2, 0) is 11.3 Å². The molecule has 0 radical (unpaired) electrons. The first-order chi connectivity index (χ1) is 11.6. The van der Waals surface area contributed by atoms with Crippen LogP contribution in [0.3, 0.4) is 0 Å². The van der Waals surface area contributed by atoms with Crippen LogP contribution in [0.5, 0.6) is 0 Å². The van der Waals surface area contributed by atoms with E-state index in [1.807, 2.05) is 6.92 Å². The molecule has 2 aliphatic heterocycles. The topological polar surface area (TPSA) is 50.5 Å². The molecule has 0 aromatic carbocycles. The summed E-state index contributed by atoms with van der Waals surface area (Å²) < 4.78 is 7.88. The second-order valence-electron chi connectivity index (χ2n) is 8.19. The van der Waals surface area contributed by atoms with Crippen LogP contribution < -0.4 is 0 Å². The summed E-state index contributed by atoms with van der Waals surface area (Å²) >= 11 is 0. The van der Waals surface area contributed by atoms with Crippen molar-refractivity contribution in [1.29, 1.82) is 0 Å². The summed E-state index contributed by atoms with van der Waals surface area (Å²) in [5.41, 5.74) is 0.569. The lowest BCUT2D eigenvalue weighted by atomic mass is 9.79. The minimum absolute atomic E-state index is 0.214. The van der Waals surface area contributed by atoms with Gasteiger partial charge in [0.25, 0.3) is 0 Å².